The van der Waals surface area contributed by atoms with Crippen LogP contribution in [0.15, 0.2) is 46.9 Å². The monoisotopic (exact) mass is 348 g/mol. The van der Waals surface area contributed by atoms with Crippen LogP contribution in [0.2, 0.25) is 0 Å². The Bertz CT molecular complexity index is 699. The second-order valence-corrected chi connectivity index (χ2v) is 5.48. The van der Waals surface area contributed by atoms with E-state index in [4.69, 9.17) is 0 Å². The van der Waals surface area contributed by atoms with Gasteiger partial charge in [-0.1, -0.05) is 6.07 Å². The van der Waals surface area contributed by atoms with E-state index in [1.165, 1.54) is 17.0 Å². The number of non-ortho nitro benzene ring substituents is 1. The average Bonchev–Trinajstić information content (AvgIpc) is 2.46. The van der Waals surface area contributed by atoms with Crippen LogP contribution in [0.25, 0.3) is 0 Å². The van der Waals surface area contributed by atoms with Gasteiger partial charge in [0, 0.05) is 29.3 Å². The summed E-state index contributed by atoms with van der Waals surface area (Å²) in [7, 11) is 1.63. The minimum absolute atomic E-state index is 0.00360. The Balaban J connectivity index is 2.28. The first-order chi connectivity index (χ1) is 9.90. The van der Waals surface area contributed by atoms with Crippen molar-refractivity contribution in [1.82, 2.24) is 0 Å². The molecular formula is C15H13BrN2O3. The van der Waals surface area contributed by atoms with E-state index in [9.17, 15) is 14.9 Å². The summed E-state index contributed by atoms with van der Waals surface area (Å²) in [5.41, 5.74) is 2.19. The van der Waals surface area contributed by atoms with Gasteiger partial charge in [-0.3, -0.25) is 14.9 Å². The van der Waals surface area contributed by atoms with Crippen LogP contribution in [-0.2, 0) is 0 Å². The fourth-order valence-corrected chi connectivity index (χ4v) is 2.55. The van der Waals surface area contributed by atoms with E-state index >= 15 is 0 Å². The number of carbonyl (C=O) groups is 1. The van der Waals surface area contributed by atoms with Crippen molar-refractivity contribution in [2.45, 2.75) is 6.92 Å². The molecular weight excluding hydrogens is 336 g/mol. The van der Waals surface area contributed by atoms with E-state index in [-0.39, 0.29) is 11.6 Å². The number of carbonyl (C=O) groups excluding carboxylic acids is 1. The van der Waals surface area contributed by atoms with Crippen LogP contribution in [0.1, 0.15) is 15.9 Å². The van der Waals surface area contributed by atoms with Gasteiger partial charge in [-0.2, -0.15) is 0 Å². The van der Waals surface area contributed by atoms with Crippen LogP contribution >= 0.6 is 15.9 Å². The lowest BCUT2D eigenvalue weighted by molar-refractivity contribution is -0.384. The van der Waals surface area contributed by atoms with E-state index in [2.05, 4.69) is 15.9 Å². The lowest BCUT2D eigenvalue weighted by Crippen LogP contribution is -2.26. The van der Waals surface area contributed by atoms with Crippen molar-refractivity contribution >= 4 is 33.2 Å². The van der Waals surface area contributed by atoms with E-state index in [1.807, 2.05) is 19.1 Å². The van der Waals surface area contributed by atoms with Gasteiger partial charge in [0.15, 0.2) is 0 Å². The Morgan fingerprint density at radius 2 is 1.81 bits per heavy atom. The van der Waals surface area contributed by atoms with E-state index in [0.717, 1.165) is 10.0 Å². The Morgan fingerprint density at radius 1 is 1.19 bits per heavy atom. The van der Waals surface area contributed by atoms with E-state index in [0.29, 0.717) is 11.3 Å². The zero-order valence-electron chi connectivity index (χ0n) is 11.5. The molecule has 0 atom stereocenters. The lowest BCUT2D eigenvalue weighted by atomic mass is 10.1. The summed E-state index contributed by atoms with van der Waals surface area (Å²) in [4.78, 5) is 24.1. The molecule has 0 aliphatic carbocycles. The molecule has 0 fully saturated rings. The average molecular weight is 349 g/mol. The number of hydrogen-bond donors (Lipinski definition) is 0. The summed E-state index contributed by atoms with van der Waals surface area (Å²) >= 11 is 3.38. The highest BCUT2D eigenvalue weighted by molar-refractivity contribution is 9.10. The molecule has 0 radical (unpaired) electrons. The third kappa shape index (κ3) is 3.28. The van der Waals surface area contributed by atoms with Gasteiger partial charge in [-0.25, -0.2) is 0 Å². The van der Waals surface area contributed by atoms with E-state index in [1.54, 1.807) is 25.2 Å². The van der Waals surface area contributed by atoms with Crippen LogP contribution in [0.5, 0.6) is 0 Å². The molecule has 6 heteroatoms. The summed E-state index contributed by atoms with van der Waals surface area (Å²) in [5.74, 6) is -0.185. The zero-order chi connectivity index (χ0) is 15.6. The molecule has 0 bridgehead atoms. The minimum atomic E-state index is -0.470. The number of anilines is 1. The van der Waals surface area contributed by atoms with Gasteiger partial charge in [0.2, 0.25) is 0 Å². The number of aryl methyl sites for hydroxylation is 1. The predicted octanol–water partition coefficient (Wildman–Crippen LogP) is 3.94. The molecule has 0 aliphatic heterocycles. The molecule has 0 N–H and O–H groups in total. The summed E-state index contributed by atoms with van der Waals surface area (Å²) < 4.78 is 0.723. The molecule has 21 heavy (non-hydrogen) atoms. The molecule has 0 unspecified atom stereocenters. The predicted molar refractivity (Wildman–Crippen MR) is 84.7 cm³/mol. The summed E-state index contributed by atoms with van der Waals surface area (Å²) in [6, 6.07) is 11.4. The fraction of sp³-hybridized carbons (Fsp3) is 0.133. The van der Waals surface area contributed by atoms with Gasteiger partial charge >= 0.3 is 0 Å². The number of nitro groups is 1. The number of rotatable bonds is 3. The van der Waals surface area contributed by atoms with Gasteiger partial charge in [0.25, 0.3) is 11.6 Å². The molecule has 0 heterocycles. The number of benzene rings is 2. The highest BCUT2D eigenvalue weighted by Gasteiger charge is 2.17. The second kappa shape index (κ2) is 6.05. The SMILES string of the molecule is Cc1ccc(C(=O)N(C)c2ccc([N+](=O)[O-])cc2)c(Br)c1. The number of nitro benzene ring substituents is 1. The van der Waals surface area contributed by atoms with Crippen molar-refractivity contribution in [3.63, 3.8) is 0 Å². The molecule has 0 spiro atoms. The molecule has 1 amide bonds. The molecule has 0 aliphatic rings. The molecule has 2 aromatic carbocycles. The Kier molecular flexibility index (Phi) is 4.37. The first-order valence-electron chi connectivity index (χ1n) is 6.19. The van der Waals surface area contributed by atoms with Crippen LogP contribution in [0, 0.1) is 17.0 Å². The normalized spacial score (nSPS) is 10.2. The summed E-state index contributed by atoms with van der Waals surface area (Å²) in [5, 5.41) is 10.6. The molecule has 2 rings (SSSR count). The quantitative estimate of drug-likeness (QED) is 0.623. The number of amides is 1. The molecule has 0 saturated carbocycles. The van der Waals surface area contributed by atoms with Crippen LogP contribution in [0.4, 0.5) is 11.4 Å². The number of halogens is 1. The smallest absolute Gasteiger partial charge is 0.269 e. The van der Waals surface area contributed by atoms with Crippen molar-refractivity contribution in [3.05, 3.63) is 68.2 Å². The largest absolute Gasteiger partial charge is 0.311 e. The van der Waals surface area contributed by atoms with Gasteiger partial charge in [0.1, 0.15) is 0 Å². The summed E-state index contributed by atoms with van der Waals surface area (Å²) in [6.45, 7) is 1.94. The van der Waals surface area contributed by atoms with Crippen molar-refractivity contribution < 1.29 is 9.72 Å². The van der Waals surface area contributed by atoms with Crippen LogP contribution in [0.3, 0.4) is 0 Å². The van der Waals surface area contributed by atoms with Crippen molar-refractivity contribution in [2.24, 2.45) is 0 Å². The highest BCUT2D eigenvalue weighted by Crippen LogP contribution is 2.24. The van der Waals surface area contributed by atoms with Crippen molar-refractivity contribution in [3.8, 4) is 0 Å². The van der Waals surface area contributed by atoms with Gasteiger partial charge in [0.05, 0.1) is 10.5 Å². The maximum absolute atomic E-state index is 12.5. The highest BCUT2D eigenvalue weighted by atomic mass is 79.9. The first kappa shape index (κ1) is 15.2. The standard InChI is InChI=1S/C15H13BrN2O3/c1-10-3-8-13(14(16)9-10)15(19)17(2)11-4-6-12(7-5-11)18(20)21/h3-9H,1-2H3. The van der Waals surface area contributed by atoms with Crippen LogP contribution < -0.4 is 4.90 Å². The van der Waals surface area contributed by atoms with Gasteiger partial charge in [-0.15, -0.1) is 0 Å². The third-order valence-electron chi connectivity index (χ3n) is 3.11. The van der Waals surface area contributed by atoms with E-state index < -0.39 is 4.92 Å². The molecule has 108 valence electrons. The van der Waals surface area contributed by atoms with Crippen LogP contribution in [-0.4, -0.2) is 17.9 Å². The molecule has 5 nitrogen and oxygen atoms in total. The molecule has 0 aromatic heterocycles. The molecule has 0 saturated heterocycles. The third-order valence-corrected chi connectivity index (χ3v) is 3.76. The number of nitrogens with zero attached hydrogens (tertiary/aromatic N) is 2. The van der Waals surface area contributed by atoms with Gasteiger partial charge < -0.3 is 4.90 Å². The number of hydrogen-bond acceptors (Lipinski definition) is 3. The van der Waals surface area contributed by atoms with Gasteiger partial charge in [-0.05, 0) is 52.7 Å². The lowest BCUT2D eigenvalue weighted by Gasteiger charge is -2.18. The maximum atomic E-state index is 12.5. The Labute approximate surface area is 130 Å². The topological polar surface area (TPSA) is 63.5 Å². The minimum Gasteiger partial charge on any atom is -0.311 e. The Hall–Kier alpha value is -2.21. The molecule has 2 aromatic rings. The maximum Gasteiger partial charge on any atom is 0.269 e. The Morgan fingerprint density at radius 3 is 2.33 bits per heavy atom. The summed E-state index contributed by atoms with van der Waals surface area (Å²) in [6.07, 6.45) is 0. The second-order valence-electron chi connectivity index (χ2n) is 4.62. The van der Waals surface area contributed by atoms with Crippen molar-refractivity contribution in [2.75, 3.05) is 11.9 Å². The van der Waals surface area contributed by atoms with Crippen molar-refractivity contribution in [1.29, 1.82) is 0 Å². The first-order valence-corrected chi connectivity index (χ1v) is 6.98. The fourth-order valence-electron chi connectivity index (χ4n) is 1.89. The zero-order valence-corrected chi connectivity index (χ0v) is 13.1.